The average Bonchev–Trinajstić information content (AvgIpc) is 2.28. The van der Waals surface area contributed by atoms with Crippen molar-refractivity contribution in [2.24, 2.45) is 10.7 Å². The van der Waals surface area contributed by atoms with Gasteiger partial charge in [0, 0.05) is 16.8 Å². The summed E-state index contributed by atoms with van der Waals surface area (Å²) in [4.78, 5) is 4.36. The predicted octanol–water partition coefficient (Wildman–Crippen LogP) is 3.69. The molecule has 0 spiro atoms. The van der Waals surface area contributed by atoms with Gasteiger partial charge in [0.2, 0.25) is 0 Å². The lowest BCUT2D eigenvalue weighted by molar-refractivity contribution is 0.718. The second kappa shape index (κ2) is 6.81. The van der Waals surface area contributed by atoms with Crippen molar-refractivity contribution in [3.05, 3.63) is 34.9 Å². The van der Waals surface area contributed by atoms with Crippen LogP contribution in [-0.4, -0.2) is 11.2 Å². The van der Waals surface area contributed by atoms with Gasteiger partial charge in [-0.1, -0.05) is 42.4 Å². The van der Waals surface area contributed by atoms with Gasteiger partial charge < -0.3 is 5.73 Å². The number of amidine groups is 1. The number of nitrogens with zero attached hydrogens (tertiary/aromatic N) is 1. The Morgan fingerprint density at radius 2 is 2.06 bits per heavy atom. The lowest BCUT2D eigenvalue weighted by Crippen LogP contribution is -2.11. The van der Waals surface area contributed by atoms with Crippen molar-refractivity contribution in [1.82, 2.24) is 0 Å². The maximum absolute atomic E-state index is 5.81. The van der Waals surface area contributed by atoms with Crippen LogP contribution in [0.3, 0.4) is 0 Å². The molecule has 0 aromatic heterocycles. The molecule has 0 saturated carbocycles. The Kier molecular flexibility index (Phi) is 5.71. The van der Waals surface area contributed by atoms with Crippen molar-refractivity contribution in [2.75, 3.05) is 0 Å². The van der Waals surface area contributed by atoms with Crippen LogP contribution in [0.2, 0.25) is 5.02 Å². The quantitative estimate of drug-likeness (QED) is 0.659. The summed E-state index contributed by atoms with van der Waals surface area (Å²) >= 11 is 7.37. The van der Waals surface area contributed by atoms with E-state index in [0.29, 0.717) is 11.2 Å². The minimum absolute atomic E-state index is 0.303. The number of nitrogens with two attached hydrogens (primary N) is 1. The molecule has 88 valence electrons. The first-order valence-corrected chi connectivity index (χ1v) is 6.68. The van der Waals surface area contributed by atoms with Crippen LogP contribution in [0.15, 0.2) is 29.3 Å². The maximum atomic E-state index is 5.81. The summed E-state index contributed by atoms with van der Waals surface area (Å²) in [6.45, 7) is 4.17. The normalized spacial score (nSPS) is 13.8. The highest BCUT2D eigenvalue weighted by Crippen LogP contribution is 2.15. The smallest absolute Gasteiger partial charge is 0.154 e. The lowest BCUT2D eigenvalue weighted by Gasteiger charge is -2.05. The van der Waals surface area contributed by atoms with Gasteiger partial charge in [0.15, 0.2) is 5.17 Å². The minimum atomic E-state index is 0.303. The first kappa shape index (κ1) is 13.4. The van der Waals surface area contributed by atoms with E-state index >= 15 is 0 Å². The van der Waals surface area contributed by atoms with E-state index < -0.39 is 0 Å². The third kappa shape index (κ3) is 4.90. The van der Waals surface area contributed by atoms with Gasteiger partial charge >= 0.3 is 0 Å². The fourth-order valence-electron chi connectivity index (χ4n) is 1.08. The number of aliphatic imine (C=N–C) groups is 1. The topological polar surface area (TPSA) is 38.4 Å². The van der Waals surface area contributed by atoms with Crippen LogP contribution < -0.4 is 5.73 Å². The standard InChI is InChI=1S/C12H17ClN2S/c1-3-9(2)15-12(14)16-8-10-4-6-11(13)7-5-10/h4-7,9H,3,8H2,1-2H3,(H2,14,15)/t9-/m1/s1. The molecule has 1 atom stereocenters. The van der Waals surface area contributed by atoms with Crippen molar-refractivity contribution in [3.63, 3.8) is 0 Å². The third-order valence-corrected chi connectivity index (χ3v) is 3.37. The van der Waals surface area contributed by atoms with Crippen molar-refractivity contribution in [1.29, 1.82) is 0 Å². The molecule has 0 fully saturated rings. The predicted molar refractivity (Wildman–Crippen MR) is 74.1 cm³/mol. The largest absolute Gasteiger partial charge is 0.379 e. The zero-order chi connectivity index (χ0) is 12.0. The van der Waals surface area contributed by atoms with Crippen molar-refractivity contribution in [3.8, 4) is 0 Å². The summed E-state index contributed by atoms with van der Waals surface area (Å²) in [5, 5.41) is 1.42. The van der Waals surface area contributed by atoms with E-state index in [9.17, 15) is 0 Å². The van der Waals surface area contributed by atoms with Crippen LogP contribution >= 0.6 is 23.4 Å². The number of thioether (sulfide) groups is 1. The number of halogens is 1. The van der Waals surface area contributed by atoms with Crippen LogP contribution in [-0.2, 0) is 5.75 Å². The second-order valence-corrected chi connectivity index (χ2v) is 5.07. The molecule has 4 heteroatoms. The monoisotopic (exact) mass is 256 g/mol. The average molecular weight is 257 g/mol. The van der Waals surface area contributed by atoms with Gasteiger partial charge in [0.25, 0.3) is 0 Å². The van der Waals surface area contributed by atoms with E-state index in [1.165, 1.54) is 5.56 Å². The first-order chi connectivity index (χ1) is 7.61. The Morgan fingerprint density at radius 1 is 1.44 bits per heavy atom. The molecule has 0 bridgehead atoms. The fourth-order valence-corrected chi connectivity index (χ4v) is 1.97. The minimum Gasteiger partial charge on any atom is -0.379 e. The van der Waals surface area contributed by atoms with Gasteiger partial charge in [-0.25, -0.2) is 0 Å². The first-order valence-electron chi connectivity index (χ1n) is 5.32. The molecule has 0 amide bonds. The van der Waals surface area contributed by atoms with E-state index in [1.54, 1.807) is 11.8 Å². The van der Waals surface area contributed by atoms with Crippen LogP contribution in [0.4, 0.5) is 0 Å². The highest BCUT2D eigenvalue weighted by molar-refractivity contribution is 8.13. The zero-order valence-electron chi connectivity index (χ0n) is 9.61. The molecule has 1 aromatic rings. The van der Waals surface area contributed by atoms with Crippen molar-refractivity contribution in [2.45, 2.75) is 32.1 Å². The van der Waals surface area contributed by atoms with Gasteiger partial charge in [-0.3, -0.25) is 4.99 Å². The van der Waals surface area contributed by atoms with Gasteiger partial charge in [0.1, 0.15) is 0 Å². The van der Waals surface area contributed by atoms with Gasteiger partial charge in [0.05, 0.1) is 0 Å². The summed E-state index contributed by atoms with van der Waals surface area (Å²) in [7, 11) is 0. The van der Waals surface area contributed by atoms with Crippen molar-refractivity contribution >= 4 is 28.5 Å². The Hall–Kier alpha value is -0.670. The van der Waals surface area contributed by atoms with Crippen LogP contribution in [0.25, 0.3) is 0 Å². The molecule has 1 aromatic carbocycles. The summed E-state index contributed by atoms with van der Waals surface area (Å²) < 4.78 is 0. The number of hydrogen-bond donors (Lipinski definition) is 1. The summed E-state index contributed by atoms with van der Waals surface area (Å²) in [6, 6.07) is 8.09. The van der Waals surface area contributed by atoms with Crippen molar-refractivity contribution < 1.29 is 0 Å². The molecule has 0 aliphatic heterocycles. The number of hydrogen-bond acceptors (Lipinski definition) is 2. The van der Waals surface area contributed by atoms with E-state index in [4.69, 9.17) is 17.3 Å². The Bertz CT molecular complexity index is 349. The molecule has 1 rings (SSSR count). The number of benzene rings is 1. The summed E-state index contributed by atoms with van der Waals surface area (Å²) in [5.41, 5.74) is 7.02. The number of rotatable bonds is 4. The summed E-state index contributed by atoms with van der Waals surface area (Å²) in [5.74, 6) is 0.836. The van der Waals surface area contributed by atoms with E-state index in [2.05, 4.69) is 18.8 Å². The maximum Gasteiger partial charge on any atom is 0.154 e. The van der Waals surface area contributed by atoms with Crippen LogP contribution in [0.1, 0.15) is 25.8 Å². The molecule has 16 heavy (non-hydrogen) atoms. The van der Waals surface area contributed by atoms with E-state index in [1.807, 2.05) is 24.3 Å². The molecule has 0 aliphatic rings. The molecule has 0 unspecified atom stereocenters. The van der Waals surface area contributed by atoms with Gasteiger partial charge in [-0.05, 0) is 31.0 Å². The van der Waals surface area contributed by atoms with Gasteiger partial charge in [-0.2, -0.15) is 0 Å². The third-order valence-electron chi connectivity index (χ3n) is 2.24. The van der Waals surface area contributed by atoms with Gasteiger partial charge in [-0.15, -0.1) is 0 Å². The SMILES string of the molecule is CC[C@@H](C)N=C(N)SCc1ccc(Cl)cc1. The molecular weight excluding hydrogens is 240 g/mol. The highest BCUT2D eigenvalue weighted by atomic mass is 35.5. The highest BCUT2D eigenvalue weighted by Gasteiger charge is 2.00. The van der Waals surface area contributed by atoms with Crippen LogP contribution in [0, 0.1) is 0 Å². The van der Waals surface area contributed by atoms with Crippen LogP contribution in [0.5, 0.6) is 0 Å². The molecule has 2 nitrogen and oxygen atoms in total. The zero-order valence-corrected chi connectivity index (χ0v) is 11.2. The van der Waals surface area contributed by atoms with E-state index in [0.717, 1.165) is 17.2 Å². The second-order valence-electron chi connectivity index (χ2n) is 3.64. The molecule has 0 saturated heterocycles. The fraction of sp³-hybridized carbons (Fsp3) is 0.417. The Morgan fingerprint density at radius 3 is 2.62 bits per heavy atom. The Balaban J connectivity index is 2.45. The molecule has 0 radical (unpaired) electrons. The Labute approximate surface area is 106 Å². The molecular formula is C12H17ClN2S. The lowest BCUT2D eigenvalue weighted by atomic mass is 10.2. The molecule has 2 N–H and O–H groups in total. The summed E-state index contributed by atoms with van der Waals surface area (Å²) in [6.07, 6.45) is 1.02. The van der Waals surface area contributed by atoms with E-state index in [-0.39, 0.29) is 0 Å². The molecule has 0 aliphatic carbocycles. The molecule has 0 heterocycles.